The molecule has 0 radical (unpaired) electrons. The second-order valence-corrected chi connectivity index (χ2v) is 7.11. The lowest BCUT2D eigenvalue weighted by Crippen LogP contribution is -2.31. The zero-order chi connectivity index (χ0) is 14.1. The van der Waals surface area contributed by atoms with Crippen LogP contribution < -0.4 is 10.1 Å². The van der Waals surface area contributed by atoms with Gasteiger partial charge in [-0.15, -0.1) is 0 Å². The molecule has 2 nitrogen and oxygen atoms in total. The normalized spacial score (nSPS) is 29.6. The lowest BCUT2D eigenvalue weighted by Gasteiger charge is -2.17. The van der Waals surface area contributed by atoms with Gasteiger partial charge in [-0.05, 0) is 77.7 Å². The van der Waals surface area contributed by atoms with Crippen LogP contribution in [0.15, 0.2) is 22.7 Å². The summed E-state index contributed by atoms with van der Waals surface area (Å²) < 4.78 is 6.36. The Morgan fingerprint density at radius 2 is 2.00 bits per heavy atom. The summed E-state index contributed by atoms with van der Waals surface area (Å²) in [6, 6.07) is 7.09. The number of ether oxygens (including phenoxy) is 1. The fourth-order valence-electron chi connectivity index (χ4n) is 4.17. The van der Waals surface area contributed by atoms with Crippen molar-refractivity contribution in [2.45, 2.75) is 38.1 Å². The van der Waals surface area contributed by atoms with E-state index in [1.807, 2.05) is 0 Å². The third kappa shape index (κ3) is 2.75. The van der Waals surface area contributed by atoms with E-state index in [9.17, 15) is 0 Å². The van der Waals surface area contributed by atoms with Crippen LogP contribution in [0.4, 0.5) is 0 Å². The first-order valence-electron chi connectivity index (χ1n) is 7.74. The first-order chi connectivity index (χ1) is 9.74. The van der Waals surface area contributed by atoms with Crippen molar-refractivity contribution in [1.82, 2.24) is 5.32 Å². The smallest absolute Gasteiger partial charge is 0.133 e. The van der Waals surface area contributed by atoms with Gasteiger partial charge in [0.1, 0.15) is 5.75 Å². The van der Waals surface area contributed by atoms with Gasteiger partial charge in [0.15, 0.2) is 0 Å². The molecule has 3 heteroatoms. The molecule has 0 aliphatic heterocycles. The molecule has 2 aliphatic carbocycles. The van der Waals surface area contributed by atoms with Gasteiger partial charge in [0.2, 0.25) is 0 Å². The van der Waals surface area contributed by atoms with Gasteiger partial charge >= 0.3 is 0 Å². The summed E-state index contributed by atoms with van der Waals surface area (Å²) in [4.78, 5) is 0. The van der Waals surface area contributed by atoms with Crippen molar-refractivity contribution in [2.75, 3.05) is 14.2 Å². The Morgan fingerprint density at radius 1 is 1.30 bits per heavy atom. The molecule has 2 aliphatic rings. The first kappa shape index (κ1) is 14.4. The van der Waals surface area contributed by atoms with Crippen LogP contribution in [0.25, 0.3) is 0 Å². The minimum atomic E-state index is 0.628. The number of methoxy groups -OCH3 is 1. The quantitative estimate of drug-likeness (QED) is 0.875. The molecule has 0 aromatic heterocycles. The van der Waals surface area contributed by atoms with E-state index >= 15 is 0 Å². The van der Waals surface area contributed by atoms with Crippen LogP contribution in [-0.2, 0) is 6.42 Å². The van der Waals surface area contributed by atoms with Crippen LogP contribution in [0.2, 0.25) is 0 Å². The van der Waals surface area contributed by atoms with Gasteiger partial charge in [0, 0.05) is 6.04 Å². The third-order valence-corrected chi connectivity index (χ3v) is 5.85. The van der Waals surface area contributed by atoms with E-state index in [4.69, 9.17) is 4.74 Å². The topological polar surface area (TPSA) is 21.3 Å². The maximum Gasteiger partial charge on any atom is 0.133 e. The number of hydrogen-bond donors (Lipinski definition) is 1. The predicted octanol–water partition coefficient (Wildman–Crippen LogP) is 4.02. The zero-order valence-corrected chi connectivity index (χ0v) is 13.9. The SMILES string of the molecule is CNC(Cc1ccc(OC)c(Br)c1)C1C2CCCCC21. The average molecular weight is 338 g/mol. The summed E-state index contributed by atoms with van der Waals surface area (Å²) in [7, 11) is 3.83. The molecular formula is C17H24BrNO. The molecule has 3 rings (SSSR count). The predicted molar refractivity (Wildman–Crippen MR) is 86.2 cm³/mol. The molecule has 2 saturated carbocycles. The fourth-order valence-corrected chi connectivity index (χ4v) is 4.75. The van der Waals surface area contributed by atoms with Gasteiger partial charge in [0.05, 0.1) is 11.6 Å². The third-order valence-electron chi connectivity index (χ3n) is 5.23. The van der Waals surface area contributed by atoms with E-state index in [0.29, 0.717) is 6.04 Å². The number of likely N-dealkylation sites (N-methyl/N-ethyl adjacent to an activating group) is 1. The van der Waals surface area contributed by atoms with Crippen LogP contribution in [-0.4, -0.2) is 20.2 Å². The molecule has 0 saturated heterocycles. The highest BCUT2D eigenvalue weighted by molar-refractivity contribution is 9.10. The van der Waals surface area contributed by atoms with Crippen LogP contribution >= 0.6 is 15.9 Å². The summed E-state index contributed by atoms with van der Waals surface area (Å²) in [5.74, 6) is 3.82. The van der Waals surface area contributed by atoms with Crippen LogP contribution in [0.1, 0.15) is 31.2 Å². The van der Waals surface area contributed by atoms with Crippen molar-refractivity contribution in [3.63, 3.8) is 0 Å². The zero-order valence-electron chi connectivity index (χ0n) is 12.4. The van der Waals surface area contributed by atoms with E-state index in [1.54, 1.807) is 7.11 Å². The summed E-state index contributed by atoms with van der Waals surface area (Å²) in [6.45, 7) is 0. The molecular weight excluding hydrogens is 314 g/mol. The highest BCUT2D eigenvalue weighted by Gasteiger charge is 2.53. The number of nitrogens with one attached hydrogen (secondary N) is 1. The van der Waals surface area contributed by atoms with Gasteiger partial charge in [0.25, 0.3) is 0 Å². The first-order valence-corrected chi connectivity index (χ1v) is 8.53. The van der Waals surface area contributed by atoms with Gasteiger partial charge in [-0.2, -0.15) is 0 Å². The fraction of sp³-hybridized carbons (Fsp3) is 0.647. The molecule has 1 aromatic rings. The van der Waals surface area contributed by atoms with Crippen molar-refractivity contribution < 1.29 is 4.74 Å². The molecule has 1 aromatic carbocycles. The molecule has 0 amide bonds. The molecule has 0 spiro atoms. The lowest BCUT2D eigenvalue weighted by atomic mass is 10.00. The molecule has 110 valence electrons. The largest absolute Gasteiger partial charge is 0.496 e. The Morgan fingerprint density at radius 3 is 2.55 bits per heavy atom. The Bertz CT molecular complexity index is 464. The summed E-state index contributed by atoms with van der Waals surface area (Å²) in [5.41, 5.74) is 1.39. The van der Waals surface area contributed by atoms with E-state index < -0.39 is 0 Å². The van der Waals surface area contributed by atoms with Gasteiger partial charge in [-0.3, -0.25) is 0 Å². The lowest BCUT2D eigenvalue weighted by molar-refractivity contribution is 0.411. The average Bonchev–Trinajstić information content (AvgIpc) is 3.19. The van der Waals surface area contributed by atoms with E-state index in [2.05, 4.69) is 46.5 Å². The van der Waals surface area contributed by atoms with Gasteiger partial charge < -0.3 is 10.1 Å². The number of halogens is 1. The Hall–Kier alpha value is -0.540. The van der Waals surface area contributed by atoms with Crippen molar-refractivity contribution in [3.8, 4) is 5.75 Å². The number of fused-ring (bicyclic) bond motifs is 1. The second-order valence-electron chi connectivity index (χ2n) is 6.26. The summed E-state index contributed by atoms with van der Waals surface area (Å²) in [6.07, 6.45) is 6.93. The summed E-state index contributed by atoms with van der Waals surface area (Å²) >= 11 is 3.59. The highest BCUT2D eigenvalue weighted by Crippen LogP contribution is 2.57. The van der Waals surface area contributed by atoms with E-state index in [1.165, 1.54) is 31.2 Å². The number of rotatable bonds is 5. The van der Waals surface area contributed by atoms with Crippen molar-refractivity contribution in [2.24, 2.45) is 17.8 Å². The Kier molecular flexibility index (Phi) is 4.37. The van der Waals surface area contributed by atoms with Crippen LogP contribution in [0.3, 0.4) is 0 Å². The van der Waals surface area contributed by atoms with Crippen molar-refractivity contribution >= 4 is 15.9 Å². The van der Waals surface area contributed by atoms with Gasteiger partial charge in [-0.1, -0.05) is 18.9 Å². The molecule has 0 bridgehead atoms. The number of hydrogen-bond acceptors (Lipinski definition) is 2. The summed E-state index contributed by atoms with van der Waals surface area (Å²) in [5, 5.41) is 3.57. The highest BCUT2D eigenvalue weighted by atomic mass is 79.9. The minimum Gasteiger partial charge on any atom is -0.496 e. The molecule has 3 unspecified atom stereocenters. The minimum absolute atomic E-state index is 0.628. The van der Waals surface area contributed by atoms with Crippen LogP contribution in [0, 0.1) is 17.8 Å². The molecule has 20 heavy (non-hydrogen) atoms. The van der Waals surface area contributed by atoms with Crippen molar-refractivity contribution in [3.05, 3.63) is 28.2 Å². The van der Waals surface area contributed by atoms with Crippen molar-refractivity contribution in [1.29, 1.82) is 0 Å². The second kappa shape index (κ2) is 6.07. The Labute approximate surface area is 130 Å². The maximum absolute atomic E-state index is 5.31. The van der Waals surface area contributed by atoms with Crippen LogP contribution in [0.5, 0.6) is 5.75 Å². The monoisotopic (exact) mass is 337 g/mol. The van der Waals surface area contributed by atoms with E-state index in [0.717, 1.165) is 34.4 Å². The molecule has 1 N–H and O–H groups in total. The van der Waals surface area contributed by atoms with Gasteiger partial charge in [-0.25, -0.2) is 0 Å². The standard InChI is InChI=1S/C17H24BrNO/c1-19-15(17-12-5-3-4-6-13(12)17)10-11-7-8-16(20-2)14(18)9-11/h7-9,12-13,15,17,19H,3-6,10H2,1-2H3. The maximum atomic E-state index is 5.31. The Balaban J connectivity index is 1.67. The van der Waals surface area contributed by atoms with E-state index in [-0.39, 0.29) is 0 Å². The number of benzene rings is 1. The molecule has 3 atom stereocenters. The molecule has 2 fully saturated rings. The molecule has 0 heterocycles.